The number of hydrogen-bond donors (Lipinski definition) is 1. The van der Waals surface area contributed by atoms with Crippen molar-refractivity contribution in [2.75, 3.05) is 12.4 Å². The highest BCUT2D eigenvalue weighted by molar-refractivity contribution is 9.10. The first-order chi connectivity index (χ1) is 16.0. The van der Waals surface area contributed by atoms with Gasteiger partial charge in [-0.3, -0.25) is 9.78 Å². The van der Waals surface area contributed by atoms with Gasteiger partial charge in [-0.2, -0.15) is 5.10 Å². The summed E-state index contributed by atoms with van der Waals surface area (Å²) in [6, 6.07) is 10.0. The average molecular weight is 543 g/mol. The van der Waals surface area contributed by atoms with E-state index < -0.39 is 11.9 Å². The fourth-order valence-electron chi connectivity index (χ4n) is 2.70. The third-order valence-corrected chi connectivity index (χ3v) is 6.02. The fraction of sp³-hybridized carbons (Fsp3) is 0.0455. The number of esters is 1. The smallest absolute Gasteiger partial charge is 0.340 e. The molecule has 1 N–H and O–H groups in total. The third kappa shape index (κ3) is 5.12. The van der Waals surface area contributed by atoms with Crippen LogP contribution < -0.4 is 5.32 Å². The molecule has 4 heterocycles. The lowest BCUT2D eigenvalue weighted by Gasteiger charge is -2.04. The summed E-state index contributed by atoms with van der Waals surface area (Å²) >= 11 is 10.7. The second kappa shape index (κ2) is 9.95. The number of methoxy groups -OCH3 is 1. The topological polar surface area (TPSA) is 99.0 Å². The normalized spacial score (nSPS) is 10.3. The van der Waals surface area contributed by atoms with Crippen LogP contribution in [0.1, 0.15) is 31.3 Å². The molecule has 1 amide bonds. The van der Waals surface area contributed by atoms with Gasteiger partial charge in [-0.05, 0) is 46.3 Å². The lowest BCUT2D eigenvalue weighted by Crippen LogP contribution is -2.15. The number of rotatable bonds is 4. The van der Waals surface area contributed by atoms with Crippen LogP contribution in [0.15, 0.2) is 59.6 Å². The number of nitrogens with one attached hydrogen (secondary N) is 1. The number of aromatic nitrogens is 4. The van der Waals surface area contributed by atoms with E-state index in [2.05, 4.69) is 48.2 Å². The standard InChI is InChI=1S/C22H13BrClN5O3S/c1-32-22(31)15-10-14(7-6-13-4-2-8-25-12-13)33-21(15)27-20(30)17-11-18(23)29(28-17)19-16(24)5-3-9-26-19/h2-5,8-12H,1H3,(H,27,30). The Morgan fingerprint density at radius 3 is 2.76 bits per heavy atom. The van der Waals surface area contributed by atoms with E-state index in [4.69, 9.17) is 16.3 Å². The summed E-state index contributed by atoms with van der Waals surface area (Å²) < 4.78 is 6.73. The molecule has 0 bridgehead atoms. The Bertz CT molecular complexity index is 1410. The molecule has 0 radical (unpaired) electrons. The van der Waals surface area contributed by atoms with E-state index in [1.807, 2.05) is 6.07 Å². The maximum Gasteiger partial charge on any atom is 0.340 e. The molecule has 0 spiro atoms. The zero-order chi connectivity index (χ0) is 23.4. The molecule has 0 aliphatic heterocycles. The van der Waals surface area contributed by atoms with Crippen LogP contribution in [-0.4, -0.2) is 38.7 Å². The Hall–Kier alpha value is -3.52. The number of carbonyl (C=O) groups is 2. The molecular formula is C22H13BrClN5O3S. The zero-order valence-electron chi connectivity index (χ0n) is 16.9. The van der Waals surface area contributed by atoms with Gasteiger partial charge in [0.25, 0.3) is 5.91 Å². The highest BCUT2D eigenvalue weighted by Crippen LogP contribution is 2.29. The van der Waals surface area contributed by atoms with Crippen LogP contribution in [0.2, 0.25) is 5.02 Å². The van der Waals surface area contributed by atoms with Gasteiger partial charge in [-0.15, -0.1) is 11.3 Å². The lowest BCUT2D eigenvalue weighted by molar-refractivity contribution is 0.0602. The molecule has 0 unspecified atom stereocenters. The van der Waals surface area contributed by atoms with Gasteiger partial charge in [0.2, 0.25) is 0 Å². The van der Waals surface area contributed by atoms with Crippen LogP contribution in [0.25, 0.3) is 5.82 Å². The Labute approximate surface area is 205 Å². The number of anilines is 1. The highest BCUT2D eigenvalue weighted by atomic mass is 79.9. The van der Waals surface area contributed by atoms with Crippen LogP contribution in [-0.2, 0) is 4.74 Å². The van der Waals surface area contributed by atoms with Crippen LogP contribution in [0.4, 0.5) is 5.00 Å². The monoisotopic (exact) mass is 541 g/mol. The number of ether oxygens (including phenoxy) is 1. The fourth-order valence-corrected chi connectivity index (χ4v) is 4.26. The molecule has 0 atom stereocenters. The van der Waals surface area contributed by atoms with E-state index >= 15 is 0 Å². The van der Waals surface area contributed by atoms with E-state index in [9.17, 15) is 9.59 Å². The number of pyridine rings is 2. The van der Waals surface area contributed by atoms with Gasteiger partial charge in [-0.1, -0.05) is 23.4 Å². The van der Waals surface area contributed by atoms with Crippen molar-refractivity contribution >= 4 is 55.7 Å². The molecule has 33 heavy (non-hydrogen) atoms. The summed E-state index contributed by atoms with van der Waals surface area (Å²) in [6.07, 6.45) is 4.85. The van der Waals surface area contributed by atoms with Crippen molar-refractivity contribution in [2.24, 2.45) is 0 Å². The van der Waals surface area contributed by atoms with Crippen LogP contribution in [0, 0.1) is 11.8 Å². The number of halogens is 2. The minimum Gasteiger partial charge on any atom is -0.465 e. The van der Waals surface area contributed by atoms with Crippen molar-refractivity contribution in [3.63, 3.8) is 0 Å². The summed E-state index contributed by atoms with van der Waals surface area (Å²) in [7, 11) is 1.27. The van der Waals surface area contributed by atoms with Crippen LogP contribution >= 0.6 is 38.9 Å². The predicted octanol–water partition coefficient (Wildman–Crippen LogP) is 4.58. The molecule has 0 aliphatic rings. The summed E-state index contributed by atoms with van der Waals surface area (Å²) in [5.41, 5.74) is 1.01. The van der Waals surface area contributed by atoms with Crippen molar-refractivity contribution < 1.29 is 14.3 Å². The van der Waals surface area contributed by atoms with Crippen LogP contribution in [0.3, 0.4) is 0 Å². The van der Waals surface area contributed by atoms with E-state index in [1.54, 1.807) is 42.9 Å². The second-order valence-corrected chi connectivity index (χ2v) is 8.64. The Balaban J connectivity index is 1.62. The summed E-state index contributed by atoms with van der Waals surface area (Å²) in [5, 5.41) is 7.66. The van der Waals surface area contributed by atoms with Crippen molar-refractivity contribution in [1.82, 2.24) is 19.7 Å². The van der Waals surface area contributed by atoms with Crippen molar-refractivity contribution in [1.29, 1.82) is 0 Å². The number of nitrogens with zero attached hydrogens (tertiary/aromatic N) is 4. The van der Waals surface area contributed by atoms with Gasteiger partial charge < -0.3 is 10.1 Å². The van der Waals surface area contributed by atoms with Gasteiger partial charge >= 0.3 is 5.97 Å². The van der Waals surface area contributed by atoms with Crippen molar-refractivity contribution in [3.8, 4) is 17.7 Å². The maximum absolute atomic E-state index is 12.9. The van der Waals surface area contributed by atoms with Crippen LogP contribution in [0.5, 0.6) is 0 Å². The van der Waals surface area contributed by atoms with Gasteiger partial charge in [0.15, 0.2) is 11.5 Å². The second-order valence-electron chi connectivity index (χ2n) is 6.36. The molecule has 4 aromatic heterocycles. The Morgan fingerprint density at radius 2 is 2.03 bits per heavy atom. The van der Waals surface area contributed by atoms with Crippen molar-refractivity contribution in [2.45, 2.75) is 0 Å². The van der Waals surface area contributed by atoms with Gasteiger partial charge in [0.1, 0.15) is 9.60 Å². The molecule has 0 aliphatic carbocycles. The molecule has 11 heteroatoms. The average Bonchev–Trinajstić information content (AvgIpc) is 3.41. The van der Waals surface area contributed by atoms with E-state index in [0.29, 0.717) is 25.3 Å². The zero-order valence-corrected chi connectivity index (χ0v) is 20.0. The lowest BCUT2D eigenvalue weighted by atomic mass is 10.2. The number of hydrogen-bond acceptors (Lipinski definition) is 7. The molecule has 0 fully saturated rings. The van der Waals surface area contributed by atoms with Gasteiger partial charge in [0, 0.05) is 30.2 Å². The summed E-state index contributed by atoms with van der Waals surface area (Å²) in [5.74, 6) is 5.19. The van der Waals surface area contributed by atoms with E-state index in [-0.39, 0.29) is 11.3 Å². The maximum atomic E-state index is 12.9. The van der Waals surface area contributed by atoms with Gasteiger partial charge in [0.05, 0.1) is 22.6 Å². The van der Waals surface area contributed by atoms with E-state index in [1.165, 1.54) is 17.9 Å². The Kier molecular flexibility index (Phi) is 6.84. The first kappa shape index (κ1) is 22.7. The predicted molar refractivity (Wildman–Crippen MR) is 128 cm³/mol. The molecule has 4 rings (SSSR count). The highest BCUT2D eigenvalue weighted by Gasteiger charge is 2.21. The molecular weight excluding hydrogens is 530 g/mol. The quantitative estimate of drug-likeness (QED) is 0.299. The minimum atomic E-state index is -0.594. The molecule has 164 valence electrons. The number of amides is 1. The molecule has 0 saturated heterocycles. The number of thiophene rings is 1. The van der Waals surface area contributed by atoms with Gasteiger partial charge in [-0.25, -0.2) is 14.5 Å². The molecule has 8 nitrogen and oxygen atoms in total. The Morgan fingerprint density at radius 1 is 1.21 bits per heavy atom. The molecule has 0 aromatic carbocycles. The third-order valence-electron chi connectivity index (χ3n) is 4.19. The summed E-state index contributed by atoms with van der Waals surface area (Å²) in [4.78, 5) is 33.9. The first-order valence-corrected chi connectivity index (χ1v) is 11.3. The van der Waals surface area contributed by atoms with E-state index in [0.717, 1.165) is 16.9 Å². The van der Waals surface area contributed by atoms with Crippen molar-refractivity contribution in [3.05, 3.63) is 86.3 Å². The SMILES string of the molecule is COC(=O)c1cc(C#Cc2cccnc2)sc1NC(=O)c1cc(Br)n(-c2ncccc2Cl)n1. The number of carbonyl (C=O) groups excluding carboxylic acids is 2. The first-order valence-electron chi connectivity index (χ1n) is 9.28. The largest absolute Gasteiger partial charge is 0.465 e. The molecule has 4 aromatic rings. The molecule has 0 saturated carbocycles. The minimum absolute atomic E-state index is 0.0933. The summed E-state index contributed by atoms with van der Waals surface area (Å²) in [6.45, 7) is 0.